The molecule has 1 aromatic rings. The molecule has 0 unspecified atom stereocenters. The van der Waals surface area contributed by atoms with E-state index in [-0.39, 0.29) is 24.8 Å². The molecule has 0 saturated carbocycles. The zero-order chi connectivity index (χ0) is 22.2. The summed E-state index contributed by atoms with van der Waals surface area (Å²) in [6.45, 7) is 1.49. The Morgan fingerprint density at radius 3 is 1.83 bits per heavy atom. The van der Waals surface area contributed by atoms with Gasteiger partial charge in [0.15, 0.2) is 5.82 Å². The highest BCUT2D eigenvalue weighted by atomic mass is 19.4. The molecule has 0 aliphatic heterocycles. The molecular weight excluding hydrogens is 410 g/mol. The average molecular weight is 427 g/mol. The fourth-order valence-electron chi connectivity index (χ4n) is 2.42. The Hall–Kier alpha value is -2.12. The molecule has 3 N–H and O–H groups in total. The van der Waals surface area contributed by atoms with Crippen molar-refractivity contribution in [2.75, 3.05) is 10.6 Å². The Labute approximate surface area is 162 Å². The Kier molecular flexibility index (Phi) is 6.36. The number of nitrogens with one attached hydrogen (secondary N) is 2. The third kappa shape index (κ3) is 5.70. The maximum absolute atomic E-state index is 14.5. The molecule has 6 nitrogen and oxygen atoms in total. The van der Waals surface area contributed by atoms with Gasteiger partial charge < -0.3 is 15.7 Å². The zero-order valence-electron chi connectivity index (χ0n) is 15.3. The molecule has 1 aliphatic carbocycles. The molecule has 0 bridgehead atoms. The molecule has 2 radical (unpaired) electrons. The van der Waals surface area contributed by atoms with Gasteiger partial charge in [0, 0.05) is 5.57 Å². The van der Waals surface area contributed by atoms with Gasteiger partial charge >= 0.3 is 12.4 Å². The first kappa shape index (κ1) is 23.2. The van der Waals surface area contributed by atoms with E-state index in [0.29, 0.717) is 0 Å². The lowest BCUT2D eigenvalue weighted by Gasteiger charge is -2.29. The van der Waals surface area contributed by atoms with Crippen LogP contribution >= 0.6 is 0 Å². The van der Waals surface area contributed by atoms with Crippen molar-refractivity contribution < 1.29 is 35.8 Å². The number of aromatic nitrogens is 3. The molecule has 0 saturated heterocycles. The fourth-order valence-corrected chi connectivity index (χ4v) is 2.42. The minimum absolute atomic E-state index is 0.0299. The van der Waals surface area contributed by atoms with Crippen LogP contribution in [0, 0.1) is 0 Å². The lowest BCUT2D eigenvalue weighted by atomic mass is 9.71. The largest absolute Gasteiger partial charge is 0.408 e. The van der Waals surface area contributed by atoms with Crippen molar-refractivity contribution in [3.05, 3.63) is 11.7 Å². The maximum atomic E-state index is 14.5. The fraction of sp³-hybridized carbons (Fsp3) is 0.667. The number of rotatable bonds is 5. The maximum Gasteiger partial charge on any atom is 0.408 e. The van der Waals surface area contributed by atoms with Gasteiger partial charge in [0.1, 0.15) is 25.8 Å². The summed E-state index contributed by atoms with van der Waals surface area (Å²) < 4.78 is 91.3. The van der Waals surface area contributed by atoms with Crippen LogP contribution in [0.3, 0.4) is 0 Å². The molecule has 1 aliphatic rings. The summed E-state index contributed by atoms with van der Waals surface area (Å²) in [6.07, 6.45) is -9.36. The van der Waals surface area contributed by atoms with Gasteiger partial charge in [0.2, 0.25) is 11.9 Å². The van der Waals surface area contributed by atoms with E-state index in [1.54, 1.807) is 0 Å². The standard InChI is InChI=1S/C15H17BF7N5O/c1-6(14(18,19)20)24-11-26-10(8-4-3-5-13(16,29)9(8)17)27-12(28-11)25-7(2)15(21,22)23/h6-7,29H,3-5H2,1-2H3,(H2,24,25,26,27,28)/t6-,7-,13-/m1/s1. The second kappa shape index (κ2) is 7.96. The molecule has 160 valence electrons. The Bertz CT molecular complexity index is 741. The van der Waals surface area contributed by atoms with Crippen LogP contribution in [0.2, 0.25) is 0 Å². The number of hydrogen-bond acceptors (Lipinski definition) is 6. The summed E-state index contributed by atoms with van der Waals surface area (Å²) in [5.74, 6) is -3.18. The first-order chi connectivity index (χ1) is 13.1. The molecule has 14 heteroatoms. The van der Waals surface area contributed by atoms with Crippen LogP contribution in [0.1, 0.15) is 38.9 Å². The van der Waals surface area contributed by atoms with Crippen LogP contribution in [0.25, 0.3) is 5.57 Å². The van der Waals surface area contributed by atoms with Crippen LogP contribution in [0.15, 0.2) is 5.83 Å². The van der Waals surface area contributed by atoms with Gasteiger partial charge in [-0.2, -0.15) is 41.3 Å². The van der Waals surface area contributed by atoms with Gasteiger partial charge in [-0.05, 0) is 33.1 Å². The first-order valence-electron chi connectivity index (χ1n) is 8.44. The van der Waals surface area contributed by atoms with Gasteiger partial charge in [-0.3, -0.25) is 0 Å². The highest BCUT2D eigenvalue weighted by Gasteiger charge is 2.39. The van der Waals surface area contributed by atoms with Gasteiger partial charge in [0.05, 0.1) is 5.50 Å². The molecule has 1 heterocycles. The number of nitrogens with zero attached hydrogens (tertiary/aromatic N) is 3. The number of alkyl halides is 6. The van der Waals surface area contributed by atoms with Crippen molar-refractivity contribution in [2.24, 2.45) is 0 Å². The predicted molar refractivity (Wildman–Crippen MR) is 90.7 cm³/mol. The monoisotopic (exact) mass is 427 g/mol. The van der Waals surface area contributed by atoms with Crippen molar-refractivity contribution in [1.82, 2.24) is 15.0 Å². The topological polar surface area (TPSA) is 83.0 Å². The summed E-state index contributed by atoms with van der Waals surface area (Å²) in [5, 5.41) is 13.7. The first-order valence-corrected chi connectivity index (χ1v) is 8.44. The number of hydrogen-bond donors (Lipinski definition) is 3. The normalized spacial score (nSPS) is 23.0. The predicted octanol–water partition coefficient (Wildman–Crippen LogP) is 3.32. The molecule has 2 rings (SSSR count). The van der Waals surface area contributed by atoms with E-state index in [1.807, 2.05) is 10.6 Å². The van der Waals surface area contributed by atoms with Crippen LogP contribution < -0.4 is 10.6 Å². The SMILES string of the molecule is [B][C@@]1(O)CCCC(c2nc(N[C@H](C)C(F)(F)F)nc(N[C@H](C)C(F)(F)F)n2)=C1F. The summed E-state index contributed by atoms with van der Waals surface area (Å²) >= 11 is 0. The quantitative estimate of drug-likeness (QED) is 0.494. The Morgan fingerprint density at radius 2 is 1.41 bits per heavy atom. The van der Waals surface area contributed by atoms with Crippen LogP contribution in [0.5, 0.6) is 0 Å². The minimum atomic E-state index is -4.70. The lowest BCUT2D eigenvalue weighted by Crippen LogP contribution is -2.36. The second-order valence-electron chi connectivity index (χ2n) is 6.69. The van der Waals surface area contributed by atoms with Crippen LogP contribution in [0.4, 0.5) is 42.6 Å². The number of anilines is 2. The number of allylic oxidation sites excluding steroid dienone is 1. The molecular formula is C15H17BF7N5O. The minimum Gasteiger partial charge on any atom is -0.393 e. The lowest BCUT2D eigenvalue weighted by molar-refractivity contribution is -0.139. The van der Waals surface area contributed by atoms with E-state index in [9.17, 15) is 35.8 Å². The van der Waals surface area contributed by atoms with Gasteiger partial charge in [0.25, 0.3) is 0 Å². The van der Waals surface area contributed by atoms with E-state index in [2.05, 4.69) is 15.0 Å². The van der Waals surface area contributed by atoms with Crippen LogP contribution in [-0.2, 0) is 0 Å². The molecule has 0 amide bonds. The van der Waals surface area contributed by atoms with Crippen molar-refractivity contribution in [3.8, 4) is 0 Å². The summed E-state index contributed by atoms with van der Waals surface area (Å²) in [6, 6.07) is -4.30. The van der Waals surface area contributed by atoms with Crippen LogP contribution in [-0.4, -0.2) is 57.8 Å². The summed E-state index contributed by atoms with van der Waals surface area (Å²) in [4.78, 5) is 10.9. The van der Waals surface area contributed by atoms with E-state index in [0.717, 1.165) is 13.8 Å². The number of aliphatic hydroxyl groups is 1. The highest BCUT2D eigenvalue weighted by molar-refractivity contribution is 6.17. The van der Waals surface area contributed by atoms with Crippen molar-refractivity contribution in [3.63, 3.8) is 0 Å². The molecule has 3 atom stereocenters. The zero-order valence-corrected chi connectivity index (χ0v) is 15.3. The average Bonchev–Trinajstić information content (AvgIpc) is 2.55. The molecule has 0 spiro atoms. The Balaban J connectivity index is 2.50. The molecule has 1 aromatic heterocycles. The highest BCUT2D eigenvalue weighted by Crippen LogP contribution is 2.37. The second-order valence-corrected chi connectivity index (χ2v) is 6.69. The van der Waals surface area contributed by atoms with E-state index in [4.69, 9.17) is 7.85 Å². The van der Waals surface area contributed by atoms with E-state index < -0.39 is 53.5 Å². The third-order valence-corrected chi connectivity index (χ3v) is 4.21. The van der Waals surface area contributed by atoms with Crippen molar-refractivity contribution >= 4 is 25.3 Å². The molecule has 0 fully saturated rings. The van der Waals surface area contributed by atoms with Gasteiger partial charge in [-0.25, -0.2) is 4.39 Å². The molecule has 0 aromatic carbocycles. The van der Waals surface area contributed by atoms with Crippen molar-refractivity contribution in [2.45, 2.75) is 63.0 Å². The summed E-state index contributed by atoms with van der Waals surface area (Å²) in [7, 11) is 5.42. The summed E-state index contributed by atoms with van der Waals surface area (Å²) in [5.41, 5.74) is -2.66. The van der Waals surface area contributed by atoms with Crippen molar-refractivity contribution in [1.29, 1.82) is 0 Å². The Morgan fingerprint density at radius 1 is 0.966 bits per heavy atom. The molecule has 29 heavy (non-hydrogen) atoms. The smallest absolute Gasteiger partial charge is 0.393 e. The van der Waals surface area contributed by atoms with Gasteiger partial charge in [-0.1, -0.05) is 0 Å². The third-order valence-electron chi connectivity index (χ3n) is 4.21. The van der Waals surface area contributed by atoms with Gasteiger partial charge in [-0.15, -0.1) is 0 Å². The number of halogens is 7. The van der Waals surface area contributed by atoms with E-state index in [1.165, 1.54) is 0 Å². The van der Waals surface area contributed by atoms with E-state index >= 15 is 0 Å².